The molecule has 0 fully saturated rings. The molecule has 0 aliphatic carbocycles. The third kappa shape index (κ3) is 3.06. The zero-order valence-electron chi connectivity index (χ0n) is 8.89. The van der Waals surface area contributed by atoms with Crippen LogP contribution in [0.15, 0.2) is 60.7 Å². The van der Waals surface area contributed by atoms with Crippen molar-refractivity contribution < 1.29 is 0 Å². The molecule has 0 saturated heterocycles. The average Bonchev–Trinajstić information content (AvgIpc) is 2.38. The van der Waals surface area contributed by atoms with Crippen LogP contribution in [0.1, 0.15) is 11.1 Å². The molecule has 0 spiro atoms. The van der Waals surface area contributed by atoms with Gasteiger partial charge >= 0.3 is 102 Å². The minimum atomic E-state index is 0.225. The summed E-state index contributed by atoms with van der Waals surface area (Å²) in [7, 11) is 0. The Hall–Kier alpha value is -1.37. The van der Waals surface area contributed by atoms with Gasteiger partial charge in [-0.25, -0.2) is 0 Å². The molecule has 0 saturated carbocycles. The van der Waals surface area contributed by atoms with Gasteiger partial charge in [0.05, 0.1) is 0 Å². The second kappa shape index (κ2) is 5.64. The van der Waals surface area contributed by atoms with Crippen LogP contribution in [-0.4, -0.2) is 19.6 Å². The fraction of sp³-hybridized carbons (Fsp3) is 0.0714. The van der Waals surface area contributed by atoms with E-state index in [0.29, 0.717) is 0 Å². The zero-order valence-corrected chi connectivity index (χ0v) is 10.6. The average molecular weight is 274 g/mol. The van der Waals surface area contributed by atoms with Gasteiger partial charge < -0.3 is 0 Å². The topological polar surface area (TPSA) is 23.9 Å². The molecule has 0 bridgehead atoms. The van der Waals surface area contributed by atoms with Crippen LogP contribution in [0.2, 0.25) is 0 Å². The van der Waals surface area contributed by atoms with Gasteiger partial charge in [0.1, 0.15) is 0 Å². The van der Waals surface area contributed by atoms with Crippen molar-refractivity contribution in [2.45, 2.75) is 5.32 Å². The molecule has 1 nitrogen and oxygen atoms in total. The van der Waals surface area contributed by atoms with E-state index in [9.17, 15) is 0 Å². The van der Waals surface area contributed by atoms with Crippen LogP contribution in [-0.2, 0) is 5.32 Å². The monoisotopic (exact) mass is 275 g/mol. The predicted octanol–water partition coefficient (Wildman–Crippen LogP) is 2.92. The van der Waals surface area contributed by atoms with E-state index in [1.165, 1.54) is 5.56 Å². The molecule has 0 amide bonds. The van der Waals surface area contributed by atoms with Gasteiger partial charge in [-0.3, -0.25) is 0 Å². The van der Waals surface area contributed by atoms with Gasteiger partial charge in [0.15, 0.2) is 0 Å². The van der Waals surface area contributed by atoms with Gasteiger partial charge in [0.25, 0.3) is 0 Å². The number of nitrogens with one attached hydrogen (secondary N) is 1. The van der Waals surface area contributed by atoms with E-state index >= 15 is 0 Å². The third-order valence-corrected chi connectivity index (χ3v) is 4.36. The summed E-state index contributed by atoms with van der Waals surface area (Å²) in [6.07, 6.45) is 0. The van der Waals surface area contributed by atoms with Crippen LogP contribution in [0.4, 0.5) is 0 Å². The Morgan fingerprint density at radius 3 is 2.06 bits per heavy atom. The summed E-state index contributed by atoms with van der Waals surface area (Å²) in [6.45, 7) is 0. The Morgan fingerprint density at radius 1 is 0.875 bits per heavy atom. The predicted molar refractivity (Wildman–Crippen MR) is 69.2 cm³/mol. The summed E-state index contributed by atoms with van der Waals surface area (Å²) in [4.78, 5) is 0. The number of hydrogen-bond donors (Lipinski definition) is 1. The van der Waals surface area contributed by atoms with E-state index in [2.05, 4.69) is 24.3 Å². The molecule has 2 aromatic rings. The van der Waals surface area contributed by atoms with Crippen molar-refractivity contribution in [1.82, 2.24) is 0 Å². The van der Waals surface area contributed by atoms with Gasteiger partial charge in [0.2, 0.25) is 0 Å². The van der Waals surface area contributed by atoms with E-state index < -0.39 is 0 Å². The van der Waals surface area contributed by atoms with Gasteiger partial charge in [0, 0.05) is 0 Å². The maximum atomic E-state index is 8.01. The van der Waals surface area contributed by atoms with Crippen LogP contribution >= 0.6 is 0 Å². The number of hydrogen-bond acceptors (Lipinski definition) is 1. The van der Waals surface area contributed by atoms with E-state index in [1.807, 2.05) is 36.4 Å². The SMILES string of the molecule is N=C([Se]Cc1ccccc1)c1ccccc1. The summed E-state index contributed by atoms with van der Waals surface area (Å²) in [5.41, 5.74) is 2.38. The summed E-state index contributed by atoms with van der Waals surface area (Å²) in [6, 6.07) is 20.4. The maximum absolute atomic E-state index is 8.01. The zero-order chi connectivity index (χ0) is 11.2. The molecular formula is C14H13NSe. The Kier molecular flexibility index (Phi) is 3.92. The molecule has 1 N–H and O–H groups in total. The fourth-order valence-corrected chi connectivity index (χ4v) is 3.09. The van der Waals surface area contributed by atoms with E-state index in [0.717, 1.165) is 15.5 Å². The van der Waals surface area contributed by atoms with Gasteiger partial charge in [-0.15, -0.1) is 0 Å². The molecule has 2 heteroatoms. The number of benzene rings is 2. The first-order chi connectivity index (χ1) is 7.86. The van der Waals surface area contributed by atoms with Crippen molar-refractivity contribution in [2.75, 3.05) is 0 Å². The molecule has 0 heterocycles. The Labute approximate surface area is 102 Å². The van der Waals surface area contributed by atoms with Gasteiger partial charge in [-0.2, -0.15) is 0 Å². The van der Waals surface area contributed by atoms with Gasteiger partial charge in [-0.05, 0) is 0 Å². The summed E-state index contributed by atoms with van der Waals surface area (Å²) in [5, 5.41) is 9.01. The molecule has 16 heavy (non-hydrogen) atoms. The first-order valence-corrected chi connectivity index (χ1v) is 7.24. The minimum absolute atomic E-state index is 0.225. The summed E-state index contributed by atoms with van der Waals surface area (Å²) in [5.74, 6) is 0. The molecule has 0 aliphatic heterocycles. The Balaban J connectivity index is 1.95. The number of rotatable bonds is 4. The molecule has 0 aromatic heterocycles. The first-order valence-electron chi connectivity index (χ1n) is 5.17. The van der Waals surface area contributed by atoms with Crippen LogP contribution in [0.25, 0.3) is 0 Å². The molecule has 2 rings (SSSR count). The second-order valence-corrected chi connectivity index (χ2v) is 5.54. The molecule has 80 valence electrons. The summed E-state index contributed by atoms with van der Waals surface area (Å²) >= 11 is 0.225. The molecule has 0 radical (unpaired) electrons. The molecule has 0 aliphatic rings. The quantitative estimate of drug-likeness (QED) is 0.655. The van der Waals surface area contributed by atoms with Crippen LogP contribution in [0, 0.1) is 5.41 Å². The van der Waals surface area contributed by atoms with Crippen LogP contribution < -0.4 is 0 Å². The fourth-order valence-electron chi connectivity index (χ4n) is 1.40. The molecule has 0 atom stereocenters. The standard InChI is InChI=1S/C14H13NSe/c15-14(13-9-5-2-6-10-13)16-11-12-7-3-1-4-8-12/h1-10,15H,11H2. The third-order valence-electron chi connectivity index (χ3n) is 2.26. The van der Waals surface area contributed by atoms with Crippen molar-refractivity contribution >= 4 is 19.6 Å². The van der Waals surface area contributed by atoms with Crippen molar-refractivity contribution in [3.63, 3.8) is 0 Å². The van der Waals surface area contributed by atoms with Crippen LogP contribution in [0.3, 0.4) is 0 Å². The first kappa shape index (κ1) is 11.1. The molecule has 2 aromatic carbocycles. The second-order valence-electron chi connectivity index (χ2n) is 3.47. The molecule has 0 unspecified atom stereocenters. The van der Waals surface area contributed by atoms with E-state index in [1.54, 1.807) is 0 Å². The van der Waals surface area contributed by atoms with Crippen molar-refractivity contribution in [3.8, 4) is 0 Å². The van der Waals surface area contributed by atoms with Gasteiger partial charge in [-0.1, -0.05) is 0 Å². The van der Waals surface area contributed by atoms with Crippen molar-refractivity contribution in [3.05, 3.63) is 71.8 Å². The van der Waals surface area contributed by atoms with Crippen LogP contribution in [0.5, 0.6) is 0 Å². The van der Waals surface area contributed by atoms with Crippen molar-refractivity contribution in [1.29, 1.82) is 5.41 Å². The van der Waals surface area contributed by atoms with E-state index in [4.69, 9.17) is 5.41 Å². The normalized spacial score (nSPS) is 10.0. The van der Waals surface area contributed by atoms with E-state index in [-0.39, 0.29) is 15.0 Å². The molecular weight excluding hydrogens is 261 g/mol. The van der Waals surface area contributed by atoms with Crippen molar-refractivity contribution in [2.24, 2.45) is 0 Å². The Bertz CT molecular complexity index is 451. The summed E-state index contributed by atoms with van der Waals surface area (Å²) < 4.78 is 0.775. The Morgan fingerprint density at radius 2 is 1.44 bits per heavy atom.